The predicted molar refractivity (Wildman–Crippen MR) is 99.7 cm³/mol. The van der Waals surface area contributed by atoms with Crippen LogP contribution in [0.1, 0.15) is 22.7 Å². The number of rotatable bonds is 3. The fraction of sp³-hybridized carbons (Fsp3) is 0.182. The molecule has 0 amide bonds. The van der Waals surface area contributed by atoms with Gasteiger partial charge in [0.15, 0.2) is 0 Å². The fourth-order valence-electron chi connectivity index (χ4n) is 3.49. The average Bonchev–Trinajstić information content (AvgIpc) is 3.05. The average molecular weight is 315 g/mol. The van der Waals surface area contributed by atoms with E-state index in [9.17, 15) is 0 Å². The topological polar surface area (TPSA) is 21.3 Å². The fourth-order valence-corrected chi connectivity index (χ4v) is 3.49. The van der Waals surface area contributed by atoms with Crippen LogP contribution in [0, 0.1) is 6.92 Å². The third-order valence-corrected chi connectivity index (χ3v) is 4.79. The summed E-state index contributed by atoms with van der Waals surface area (Å²) in [6.07, 6.45) is 1.02. The normalized spacial score (nSPS) is 15.7. The molecule has 0 saturated heterocycles. The van der Waals surface area contributed by atoms with Gasteiger partial charge in [-0.1, -0.05) is 48.5 Å². The van der Waals surface area contributed by atoms with Crippen molar-refractivity contribution in [2.45, 2.75) is 19.4 Å². The predicted octanol–water partition coefficient (Wildman–Crippen LogP) is 5.38. The van der Waals surface area contributed by atoms with Gasteiger partial charge in [0.2, 0.25) is 0 Å². The molecule has 2 heteroatoms. The van der Waals surface area contributed by atoms with Crippen LogP contribution in [0.2, 0.25) is 0 Å². The van der Waals surface area contributed by atoms with Crippen molar-refractivity contribution in [3.05, 3.63) is 83.4 Å². The molecule has 0 radical (unpaired) electrons. The van der Waals surface area contributed by atoms with Crippen LogP contribution in [0.4, 0.5) is 5.69 Å². The first-order valence-electron chi connectivity index (χ1n) is 8.34. The molecule has 0 saturated carbocycles. The van der Waals surface area contributed by atoms with Crippen LogP contribution in [-0.2, 0) is 6.42 Å². The summed E-state index contributed by atoms with van der Waals surface area (Å²) in [6.45, 7) is 2.10. The Kier molecular flexibility index (Phi) is 3.73. The molecule has 1 aliphatic heterocycles. The van der Waals surface area contributed by atoms with Crippen molar-refractivity contribution < 1.29 is 4.74 Å². The van der Waals surface area contributed by atoms with E-state index in [4.69, 9.17) is 4.74 Å². The van der Waals surface area contributed by atoms with Gasteiger partial charge >= 0.3 is 0 Å². The lowest BCUT2D eigenvalue weighted by atomic mass is 9.98. The zero-order valence-corrected chi connectivity index (χ0v) is 14.0. The van der Waals surface area contributed by atoms with Gasteiger partial charge in [-0.15, -0.1) is 0 Å². The summed E-state index contributed by atoms with van der Waals surface area (Å²) in [5.41, 5.74) is 7.67. The minimum atomic E-state index is 0.329. The zero-order chi connectivity index (χ0) is 16.5. The number of anilines is 1. The SMILES string of the molecule is COc1ccc(C2Cc3cc(-c4ccccc4)ccc3N2)cc1C. The Labute approximate surface area is 143 Å². The summed E-state index contributed by atoms with van der Waals surface area (Å²) >= 11 is 0. The van der Waals surface area contributed by atoms with Crippen LogP contribution < -0.4 is 10.1 Å². The Morgan fingerprint density at radius 2 is 1.75 bits per heavy atom. The maximum atomic E-state index is 5.37. The lowest BCUT2D eigenvalue weighted by molar-refractivity contribution is 0.411. The second-order valence-electron chi connectivity index (χ2n) is 6.37. The third-order valence-electron chi connectivity index (χ3n) is 4.79. The molecule has 0 fully saturated rings. The molecule has 0 spiro atoms. The number of ether oxygens (including phenoxy) is 1. The summed E-state index contributed by atoms with van der Waals surface area (Å²) in [5, 5.41) is 3.65. The van der Waals surface area contributed by atoms with Gasteiger partial charge in [-0.05, 0) is 59.4 Å². The number of hydrogen-bond acceptors (Lipinski definition) is 2. The van der Waals surface area contributed by atoms with Crippen LogP contribution in [0.3, 0.4) is 0 Å². The molecule has 1 unspecified atom stereocenters. The number of hydrogen-bond donors (Lipinski definition) is 1. The Bertz CT molecular complexity index is 870. The van der Waals surface area contributed by atoms with E-state index in [1.165, 1.54) is 33.5 Å². The van der Waals surface area contributed by atoms with E-state index >= 15 is 0 Å². The van der Waals surface area contributed by atoms with E-state index in [-0.39, 0.29) is 0 Å². The minimum Gasteiger partial charge on any atom is -0.496 e. The second kappa shape index (κ2) is 6.04. The molecule has 0 aromatic heterocycles. The van der Waals surface area contributed by atoms with Gasteiger partial charge in [0, 0.05) is 5.69 Å². The van der Waals surface area contributed by atoms with Crippen molar-refractivity contribution >= 4 is 5.69 Å². The van der Waals surface area contributed by atoms with Crippen molar-refractivity contribution in [1.29, 1.82) is 0 Å². The van der Waals surface area contributed by atoms with Crippen LogP contribution >= 0.6 is 0 Å². The van der Waals surface area contributed by atoms with E-state index in [1.807, 2.05) is 0 Å². The Hall–Kier alpha value is -2.74. The molecule has 2 nitrogen and oxygen atoms in total. The van der Waals surface area contributed by atoms with E-state index < -0.39 is 0 Å². The van der Waals surface area contributed by atoms with Crippen molar-refractivity contribution in [3.8, 4) is 16.9 Å². The highest BCUT2D eigenvalue weighted by Gasteiger charge is 2.22. The molecular weight excluding hydrogens is 294 g/mol. The molecule has 0 aliphatic carbocycles. The van der Waals surface area contributed by atoms with Gasteiger partial charge < -0.3 is 10.1 Å². The van der Waals surface area contributed by atoms with Gasteiger partial charge in [0.1, 0.15) is 5.75 Å². The molecule has 120 valence electrons. The molecule has 0 bridgehead atoms. The quantitative estimate of drug-likeness (QED) is 0.700. The third kappa shape index (κ3) is 2.65. The smallest absolute Gasteiger partial charge is 0.121 e. The zero-order valence-electron chi connectivity index (χ0n) is 14.0. The van der Waals surface area contributed by atoms with E-state index in [0.717, 1.165) is 12.2 Å². The molecule has 3 aromatic carbocycles. The molecule has 1 aliphatic rings. The van der Waals surface area contributed by atoms with Crippen molar-refractivity contribution in [3.63, 3.8) is 0 Å². The summed E-state index contributed by atoms with van der Waals surface area (Å²) in [7, 11) is 1.72. The van der Waals surface area contributed by atoms with Gasteiger partial charge in [0.05, 0.1) is 13.2 Å². The Morgan fingerprint density at radius 3 is 2.50 bits per heavy atom. The summed E-state index contributed by atoms with van der Waals surface area (Å²) in [4.78, 5) is 0. The highest BCUT2D eigenvalue weighted by Crippen LogP contribution is 2.37. The number of fused-ring (bicyclic) bond motifs is 1. The van der Waals surface area contributed by atoms with Gasteiger partial charge in [-0.2, -0.15) is 0 Å². The summed E-state index contributed by atoms with van der Waals surface area (Å²) in [5.74, 6) is 0.945. The van der Waals surface area contributed by atoms with Gasteiger partial charge in [-0.25, -0.2) is 0 Å². The highest BCUT2D eigenvalue weighted by molar-refractivity contribution is 5.70. The first-order valence-corrected chi connectivity index (χ1v) is 8.34. The summed E-state index contributed by atoms with van der Waals surface area (Å²) in [6, 6.07) is 24.0. The first-order chi connectivity index (χ1) is 11.7. The number of methoxy groups -OCH3 is 1. The second-order valence-corrected chi connectivity index (χ2v) is 6.37. The van der Waals surface area contributed by atoms with Crippen LogP contribution in [0.5, 0.6) is 5.75 Å². The lowest BCUT2D eigenvalue weighted by Crippen LogP contribution is -2.06. The van der Waals surface area contributed by atoms with E-state index in [2.05, 4.69) is 79.0 Å². The minimum absolute atomic E-state index is 0.329. The van der Waals surface area contributed by atoms with Crippen molar-refractivity contribution in [2.24, 2.45) is 0 Å². The molecule has 1 atom stereocenters. The standard InChI is InChI=1S/C22H21NO/c1-15-12-18(9-11-22(15)24-2)21-14-19-13-17(8-10-20(19)23-21)16-6-4-3-5-7-16/h3-13,21,23H,14H2,1-2H3. The van der Waals surface area contributed by atoms with Crippen molar-refractivity contribution in [2.75, 3.05) is 12.4 Å². The molecule has 1 heterocycles. The maximum absolute atomic E-state index is 5.37. The van der Waals surface area contributed by atoms with E-state index in [0.29, 0.717) is 6.04 Å². The van der Waals surface area contributed by atoms with Crippen LogP contribution in [0.15, 0.2) is 66.7 Å². The summed E-state index contributed by atoms with van der Waals surface area (Å²) < 4.78 is 5.37. The molecule has 4 rings (SSSR count). The largest absolute Gasteiger partial charge is 0.496 e. The van der Waals surface area contributed by atoms with Gasteiger partial charge in [-0.3, -0.25) is 0 Å². The number of benzene rings is 3. The number of nitrogens with one attached hydrogen (secondary N) is 1. The maximum Gasteiger partial charge on any atom is 0.121 e. The highest BCUT2D eigenvalue weighted by atomic mass is 16.5. The monoisotopic (exact) mass is 315 g/mol. The van der Waals surface area contributed by atoms with Crippen molar-refractivity contribution in [1.82, 2.24) is 0 Å². The Morgan fingerprint density at radius 1 is 0.917 bits per heavy atom. The van der Waals surface area contributed by atoms with E-state index in [1.54, 1.807) is 7.11 Å². The lowest BCUT2D eigenvalue weighted by Gasteiger charge is -2.14. The van der Waals surface area contributed by atoms with Crippen LogP contribution in [-0.4, -0.2) is 7.11 Å². The molecule has 1 N–H and O–H groups in total. The first kappa shape index (κ1) is 14.8. The Balaban J connectivity index is 1.61. The van der Waals surface area contributed by atoms with Crippen LogP contribution in [0.25, 0.3) is 11.1 Å². The molecular formula is C22H21NO. The number of aryl methyl sites for hydroxylation is 1. The van der Waals surface area contributed by atoms with Gasteiger partial charge in [0.25, 0.3) is 0 Å². The molecule has 24 heavy (non-hydrogen) atoms. The molecule has 3 aromatic rings.